The number of anilines is 2. The minimum atomic E-state index is -4.01. The Balaban J connectivity index is 1.08. The Kier molecular flexibility index (Phi) is 7.43. The summed E-state index contributed by atoms with van der Waals surface area (Å²) in [6, 6.07) is 32.5. The average molecular weight is 593 g/mol. The lowest BCUT2D eigenvalue weighted by atomic mass is 9.51. The molecule has 0 aromatic heterocycles. The summed E-state index contributed by atoms with van der Waals surface area (Å²) >= 11 is 0. The number of nitrogens with one attached hydrogen (secondary N) is 1. The van der Waals surface area contributed by atoms with Gasteiger partial charge in [-0.15, -0.1) is 0 Å². The van der Waals surface area contributed by atoms with Crippen molar-refractivity contribution in [3.05, 3.63) is 115 Å². The Morgan fingerprint density at radius 2 is 1.26 bits per heavy atom. The molecule has 0 saturated heterocycles. The molecular formula is C36H36N2O4S. The van der Waals surface area contributed by atoms with E-state index >= 15 is 0 Å². The summed E-state index contributed by atoms with van der Waals surface area (Å²) < 4.78 is 34.5. The first-order valence-corrected chi connectivity index (χ1v) is 16.7. The predicted octanol–water partition coefficient (Wildman–Crippen LogP) is 7.85. The smallest absolute Gasteiger partial charge is 0.264 e. The number of hydrogen-bond acceptors (Lipinski definition) is 4. The van der Waals surface area contributed by atoms with Crippen LogP contribution in [0.15, 0.2) is 114 Å². The molecule has 4 fully saturated rings. The quantitative estimate of drug-likeness (QED) is 0.215. The third-order valence-electron chi connectivity index (χ3n) is 9.53. The lowest BCUT2D eigenvalue weighted by molar-refractivity contribution is -0.114. The van der Waals surface area contributed by atoms with Crippen LogP contribution in [0.2, 0.25) is 0 Å². The minimum Gasteiger partial charge on any atom is -0.457 e. The van der Waals surface area contributed by atoms with Crippen LogP contribution < -0.4 is 14.4 Å². The van der Waals surface area contributed by atoms with Crippen LogP contribution in [-0.2, 0) is 14.8 Å². The van der Waals surface area contributed by atoms with E-state index in [1.165, 1.54) is 49.8 Å². The first-order valence-electron chi connectivity index (χ1n) is 15.2. The number of rotatable bonds is 9. The van der Waals surface area contributed by atoms with E-state index in [-0.39, 0.29) is 11.4 Å². The molecule has 0 heterocycles. The van der Waals surface area contributed by atoms with E-state index in [9.17, 15) is 13.2 Å². The SMILES string of the molecule is O=C(CN(c1ccc(Oc2ccccc2)cc1)S(=O)(=O)c1ccccc1)Nc1ccc(C2C3CC4CC(C3)CC2C4)cc1. The van der Waals surface area contributed by atoms with Gasteiger partial charge in [0.2, 0.25) is 5.91 Å². The third kappa shape index (κ3) is 5.78. The zero-order valence-electron chi connectivity index (χ0n) is 24.0. The number of nitrogens with zero attached hydrogens (tertiary/aromatic N) is 1. The van der Waals surface area contributed by atoms with Gasteiger partial charge in [-0.25, -0.2) is 8.42 Å². The number of carbonyl (C=O) groups excluding carboxylic acids is 1. The van der Waals surface area contributed by atoms with Crippen molar-refractivity contribution in [2.45, 2.75) is 42.9 Å². The van der Waals surface area contributed by atoms with Crippen molar-refractivity contribution in [1.29, 1.82) is 0 Å². The van der Waals surface area contributed by atoms with Gasteiger partial charge in [-0.2, -0.15) is 0 Å². The number of amides is 1. The zero-order valence-corrected chi connectivity index (χ0v) is 24.8. The monoisotopic (exact) mass is 592 g/mol. The number of hydrogen-bond donors (Lipinski definition) is 1. The summed E-state index contributed by atoms with van der Waals surface area (Å²) in [7, 11) is -4.01. The largest absolute Gasteiger partial charge is 0.457 e. The van der Waals surface area contributed by atoms with E-state index in [4.69, 9.17) is 4.74 Å². The molecule has 0 unspecified atom stereocenters. The Hall–Kier alpha value is -4.10. The van der Waals surface area contributed by atoms with E-state index in [1.54, 1.807) is 42.5 Å². The molecule has 4 saturated carbocycles. The molecule has 4 aliphatic rings. The summed E-state index contributed by atoms with van der Waals surface area (Å²) in [5.41, 5.74) is 2.41. The molecule has 220 valence electrons. The van der Waals surface area contributed by atoms with Crippen LogP contribution in [0.5, 0.6) is 11.5 Å². The summed E-state index contributed by atoms with van der Waals surface area (Å²) in [4.78, 5) is 13.4. The highest BCUT2D eigenvalue weighted by Crippen LogP contribution is 2.59. The number of para-hydroxylation sites is 1. The topological polar surface area (TPSA) is 75.7 Å². The molecule has 4 aliphatic carbocycles. The highest BCUT2D eigenvalue weighted by Gasteiger charge is 2.48. The first kappa shape index (κ1) is 27.7. The standard InChI is InChI=1S/C36H36N2O4S/c39-35(37-30-13-11-27(12-14-30)36-28-20-25-19-26(22-28)23-29(36)21-25)24-38(43(40,41)34-9-5-2-6-10-34)31-15-17-33(18-16-31)42-32-7-3-1-4-8-32/h1-18,25-26,28-29,36H,19-24H2,(H,37,39). The van der Waals surface area contributed by atoms with Crippen molar-refractivity contribution in [3.8, 4) is 11.5 Å². The minimum absolute atomic E-state index is 0.118. The van der Waals surface area contributed by atoms with Gasteiger partial charge >= 0.3 is 0 Å². The molecule has 0 aliphatic heterocycles. The van der Waals surface area contributed by atoms with E-state index < -0.39 is 15.9 Å². The molecule has 4 bridgehead atoms. The summed E-state index contributed by atoms with van der Waals surface area (Å²) in [5, 5.41) is 2.93. The van der Waals surface area contributed by atoms with Crippen molar-refractivity contribution in [2.75, 3.05) is 16.2 Å². The third-order valence-corrected chi connectivity index (χ3v) is 11.3. The van der Waals surface area contributed by atoms with Gasteiger partial charge in [-0.3, -0.25) is 9.10 Å². The van der Waals surface area contributed by atoms with Crippen LogP contribution in [0.3, 0.4) is 0 Å². The number of carbonyl (C=O) groups is 1. The van der Waals surface area contributed by atoms with E-state index in [0.717, 1.165) is 28.0 Å². The van der Waals surface area contributed by atoms with Gasteiger partial charge in [0, 0.05) is 5.69 Å². The predicted molar refractivity (Wildman–Crippen MR) is 169 cm³/mol. The summed E-state index contributed by atoms with van der Waals surface area (Å²) in [6.07, 6.45) is 6.89. The van der Waals surface area contributed by atoms with Crippen molar-refractivity contribution < 1.29 is 17.9 Å². The highest BCUT2D eigenvalue weighted by atomic mass is 32.2. The van der Waals surface area contributed by atoms with Gasteiger partial charge in [-0.05, 0) is 128 Å². The zero-order chi connectivity index (χ0) is 29.4. The van der Waals surface area contributed by atoms with Gasteiger partial charge in [0.15, 0.2) is 0 Å². The van der Waals surface area contributed by atoms with Gasteiger partial charge < -0.3 is 10.1 Å². The molecule has 43 heavy (non-hydrogen) atoms. The van der Waals surface area contributed by atoms with Crippen LogP contribution in [0.25, 0.3) is 0 Å². The number of sulfonamides is 1. The second-order valence-electron chi connectivity index (χ2n) is 12.4. The first-order chi connectivity index (χ1) is 20.9. The maximum absolute atomic E-state index is 13.8. The maximum atomic E-state index is 13.8. The van der Waals surface area contributed by atoms with Crippen LogP contribution in [0.1, 0.15) is 43.6 Å². The molecular weight excluding hydrogens is 556 g/mol. The van der Waals surface area contributed by atoms with Gasteiger partial charge in [0.05, 0.1) is 10.6 Å². The fraction of sp³-hybridized carbons (Fsp3) is 0.306. The molecule has 0 atom stereocenters. The molecule has 4 aromatic carbocycles. The van der Waals surface area contributed by atoms with E-state index in [0.29, 0.717) is 28.8 Å². The van der Waals surface area contributed by atoms with Crippen LogP contribution in [0, 0.1) is 23.7 Å². The van der Waals surface area contributed by atoms with Gasteiger partial charge in [0.25, 0.3) is 10.0 Å². The van der Waals surface area contributed by atoms with Crippen LogP contribution >= 0.6 is 0 Å². The van der Waals surface area contributed by atoms with Crippen molar-refractivity contribution in [1.82, 2.24) is 0 Å². The van der Waals surface area contributed by atoms with Crippen molar-refractivity contribution >= 4 is 27.3 Å². The van der Waals surface area contributed by atoms with Crippen LogP contribution in [-0.4, -0.2) is 20.9 Å². The maximum Gasteiger partial charge on any atom is 0.264 e. The molecule has 4 aromatic rings. The molecule has 8 rings (SSSR count). The van der Waals surface area contributed by atoms with Crippen molar-refractivity contribution in [2.24, 2.45) is 23.7 Å². The lowest BCUT2D eigenvalue weighted by Crippen LogP contribution is -2.43. The molecule has 0 radical (unpaired) electrons. The Bertz CT molecular complexity index is 1650. The second kappa shape index (κ2) is 11.5. The molecule has 0 spiro atoms. The Morgan fingerprint density at radius 1 is 0.698 bits per heavy atom. The van der Waals surface area contributed by atoms with Crippen LogP contribution in [0.4, 0.5) is 11.4 Å². The molecule has 1 amide bonds. The molecule has 1 N–H and O–H groups in total. The summed E-state index contributed by atoms with van der Waals surface area (Å²) in [5.74, 6) is 4.90. The van der Waals surface area contributed by atoms with E-state index in [2.05, 4.69) is 17.4 Å². The van der Waals surface area contributed by atoms with Crippen molar-refractivity contribution in [3.63, 3.8) is 0 Å². The Labute approximate surface area is 253 Å². The fourth-order valence-corrected chi connectivity index (χ4v) is 9.37. The normalized spacial score (nSPS) is 24.0. The molecule has 7 heteroatoms. The second-order valence-corrected chi connectivity index (χ2v) is 14.2. The average Bonchev–Trinajstić information content (AvgIpc) is 3.01. The fourth-order valence-electron chi connectivity index (χ4n) is 7.93. The highest BCUT2D eigenvalue weighted by molar-refractivity contribution is 7.92. The van der Waals surface area contributed by atoms with Gasteiger partial charge in [0.1, 0.15) is 18.0 Å². The number of benzene rings is 4. The molecule has 6 nitrogen and oxygen atoms in total. The summed E-state index contributed by atoms with van der Waals surface area (Å²) in [6.45, 7) is -0.368. The Morgan fingerprint density at radius 3 is 1.86 bits per heavy atom. The van der Waals surface area contributed by atoms with Gasteiger partial charge in [-0.1, -0.05) is 48.5 Å². The number of ether oxygens (including phenoxy) is 1. The lowest BCUT2D eigenvalue weighted by Gasteiger charge is -2.54. The van der Waals surface area contributed by atoms with E-state index in [1.807, 2.05) is 42.5 Å².